The van der Waals surface area contributed by atoms with Crippen molar-refractivity contribution in [1.82, 2.24) is 10.2 Å². The maximum atomic E-state index is 3.32. The van der Waals surface area contributed by atoms with Crippen LogP contribution < -0.4 is 5.32 Å². The van der Waals surface area contributed by atoms with Crippen molar-refractivity contribution in [1.29, 1.82) is 0 Å². The standard InChI is InChI=1S/C16H26N2/c1-13-9-16(11-17-3)10-14(2)18(13)12-15-7-5-4-6-8-15/h4-8,13-14,16-17H,9-12H2,1-3H3/t13-,14+,16?. The normalized spacial score (nSPS) is 29.4. The van der Waals surface area contributed by atoms with Crippen LogP contribution in [-0.2, 0) is 6.54 Å². The molecule has 1 fully saturated rings. The lowest BCUT2D eigenvalue weighted by atomic mass is 9.86. The molecule has 1 aliphatic heterocycles. The van der Waals surface area contributed by atoms with E-state index in [1.165, 1.54) is 18.4 Å². The van der Waals surface area contributed by atoms with Crippen LogP contribution in [-0.4, -0.2) is 30.6 Å². The van der Waals surface area contributed by atoms with Gasteiger partial charge in [-0.05, 0) is 51.8 Å². The lowest BCUT2D eigenvalue weighted by molar-refractivity contribution is 0.0632. The van der Waals surface area contributed by atoms with Gasteiger partial charge in [-0.15, -0.1) is 0 Å². The van der Waals surface area contributed by atoms with E-state index in [0.29, 0.717) is 12.1 Å². The first-order valence-electron chi connectivity index (χ1n) is 7.15. The summed E-state index contributed by atoms with van der Waals surface area (Å²) in [6, 6.07) is 12.2. The van der Waals surface area contributed by atoms with Crippen LogP contribution in [0.15, 0.2) is 30.3 Å². The largest absolute Gasteiger partial charge is 0.319 e. The first kappa shape index (κ1) is 13.6. The fourth-order valence-corrected chi connectivity index (χ4v) is 3.33. The Kier molecular flexibility index (Phi) is 4.79. The number of likely N-dealkylation sites (tertiary alicyclic amines) is 1. The van der Waals surface area contributed by atoms with E-state index in [-0.39, 0.29) is 0 Å². The van der Waals surface area contributed by atoms with Gasteiger partial charge >= 0.3 is 0 Å². The molecule has 1 saturated heterocycles. The van der Waals surface area contributed by atoms with Gasteiger partial charge in [0.05, 0.1) is 0 Å². The molecule has 2 heteroatoms. The minimum absolute atomic E-state index is 0.687. The Labute approximate surface area is 111 Å². The summed E-state index contributed by atoms with van der Waals surface area (Å²) in [7, 11) is 2.06. The third-order valence-corrected chi connectivity index (χ3v) is 4.18. The molecule has 0 radical (unpaired) electrons. The maximum Gasteiger partial charge on any atom is 0.0239 e. The smallest absolute Gasteiger partial charge is 0.0239 e. The summed E-state index contributed by atoms with van der Waals surface area (Å²) in [5.41, 5.74) is 1.43. The number of piperidine rings is 1. The SMILES string of the molecule is CNCC1C[C@@H](C)N(Cc2ccccc2)[C@@H](C)C1. The molecule has 0 aromatic heterocycles. The average Bonchev–Trinajstić information content (AvgIpc) is 2.36. The molecule has 0 bridgehead atoms. The van der Waals surface area contributed by atoms with Crippen LogP contribution in [0.3, 0.4) is 0 Å². The van der Waals surface area contributed by atoms with Gasteiger partial charge in [-0.2, -0.15) is 0 Å². The Bertz CT molecular complexity index is 337. The number of hydrogen-bond donors (Lipinski definition) is 1. The highest BCUT2D eigenvalue weighted by Crippen LogP contribution is 2.28. The summed E-state index contributed by atoms with van der Waals surface area (Å²) in [5, 5.41) is 3.32. The Morgan fingerprint density at radius 2 is 1.72 bits per heavy atom. The van der Waals surface area contributed by atoms with Gasteiger partial charge in [0.15, 0.2) is 0 Å². The van der Waals surface area contributed by atoms with Gasteiger partial charge in [0.2, 0.25) is 0 Å². The number of benzene rings is 1. The van der Waals surface area contributed by atoms with Gasteiger partial charge in [-0.3, -0.25) is 4.90 Å². The molecule has 1 heterocycles. The summed E-state index contributed by atoms with van der Waals surface area (Å²) in [5.74, 6) is 0.840. The monoisotopic (exact) mass is 246 g/mol. The van der Waals surface area contributed by atoms with E-state index in [1.54, 1.807) is 0 Å². The summed E-state index contributed by atoms with van der Waals surface area (Å²) in [6.45, 7) is 7.01. The van der Waals surface area contributed by atoms with Crippen LogP contribution in [0.5, 0.6) is 0 Å². The zero-order valence-corrected chi connectivity index (χ0v) is 11.9. The van der Waals surface area contributed by atoms with E-state index in [4.69, 9.17) is 0 Å². The van der Waals surface area contributed by atoms with Crippen molar-refractivity contribution in [2.75, 3.05) is 13.6 Å². The van der Waals surface area contributed by atoms with Gasteiger partial charge in [0.1, 0.15) is 0 Å². The Morgan fingerprint density at radius 1 is 1.11 bits per heavy atom. The molecule has 1 aromatic rings. The van der Waals surface area contributed by atoms with E-state index in [2.05, 4.69) is 61.4 Å². The van der Waals surface area contributed by atoms with Crippen molar-refractivity contribution < 1.29 is 0 Å². The molecule has 0 amide bonds. The third-order valence-electron chi connectivity index (χ3n) is 4.18. The van der Waals surface area contributed by atoms with Gasteiger partial charge in [-0.25, -0.2) is 0 Å². The predicted octanol–water partition coefficient (Wildman–Crippen LogP) is 2.90. The van der Waals surface area contributed by atoms with E-state index >= 15 is 0 Å². The molecule has 1 unspecified atom stereocenters. The molecule has 100 valence electrons. The van der Waals surface area contributed by atoms with Crippen molar-refractivity contribution in [3.05, 3.63) is 35.9 Å². The van der Waals surface area contributed by atoms with Crippen molar-refractivity contribution >= 4 is 0 Å². The fraction of sp³-hybridized carbons (Fsp3) is 0.625. The maximum absolute atomic E-state index is 3.32. The summed E-state index contributed by atoms with van der Waals surface area (Å²) in [6.07, 6.45) is 2.63. The Morgan fingerprint density at radius 3 is 2.28 bits per heavy atom. The van der Waals surface area contributed by atoms with E-state index in [1.807, 2.05) is 0 Å². The van der Waals surface area contributed by atoms with Crippen molar-refractivity contribution in [3.8, 4) is 0 Å². The minimum Gasteiger partial charge on any atom is -0.319 e. The first-order valence-corrected chi connectivity index (χ1v) is 7.15. The highest BCUT2D eigenvalue weighted by molar-refractivity contribution is 5.15. The average molecular weight is 246 g/mol. The molecule has 1 aromatic carbocycles. The van der Waals surface area contributed by atoms with Crippen LogP contribution in [0.25, 0.3) is 0 Å². The summed E-state index contributed by atoms with van der Waals surface area (Å²) < 4.78 is 0. The third kappa shape index (κ3) is 3.33. The molecule has 1 aliphatic rings. The minimum atomic E-state index is 0.687. The second-order valence-electron chi connectivity index (χ2n) is 5.75. The second-order valence-corrected chi connectivity index (χ2v) is 5.75. The number of nitrogens with one attached hydrogen (secondary N) is 1. The molecule has 1 N–H and O–H groups in total. The zero-order valence-electron chi connectivity index (χ0n) is 11.9. The zero-order chi connectivity index (χ0) is 13.0. The van der Waals surface area contributed by atoms with Crippen molar-refractivity contribution in [2.24, 2.45) is 5.92 Å². The van der Waals surface area contributed by atoms with Crippen LogP contribution in [0.2, 0.25) is 0 Å². The highest BCUT2D eigenvalue weighted by atomic mass is 15.2. The van der Waals surface area contributed by atoms with E-state index in [9.17, 15) is 0 Å². The highest BCUT2D eigenvalue weighted by Gasteiger charge is 2.30. The molecular formula is C16H26N2. The second kappa shape index (κ2) is 6.35. The van der Waals surface area contributed by atoms with Gasteiger partial charge < -0.3 is 5.32 Å². The Hall–Kier alpha value is -0.860. The quantitative estimate of drug-likeness (QED) is 0.879. The lowest BCUT2D eigenvalue weighted by Gasteiger charge is -2.42. The molecule has 2 nitrogen and oxygen atoms in total. The molecule has 2 rings (SSSR count). The number of rotatable bonds is 4. The predicted molar refractivity (Wildman–Crippen MR) is 77.6 cm³/mol. The lowest BCUT2D eigenvalue weighted by Crippen LogP contribution is -2.47. The van der Waals surface area contributed by atoms with Gasteiger partial charge in [0, 0.05) is 18.6 Å². The summed E-state index contributed by atoms with van der Waals surface area (Å²) in [4.78, 5) is 2.65. The molecular weight excluding hydrogens is 220 g/mol. The van der Waals surface area contributed by atoms with Crippen LogP contribution in [0.1, 0.15) is 32.3 Å². The molecule has 0 aliphatic carbocycles. The summed E-state index contributed by atoms with van der Waals surface area (Å²) >= 11 is 0. The first-order chi connectivity index (χ1) is 8.70. The number of nitrogens with zero attached hydrogens (tertiary/aromatic N) is 1. The van der Waals surface area contributed by atoms with Crippen molar-refractivity contribution in [2.45, 2.75) is 45.3 Å². The topological polar surface area (TPSA) is 15.3 Å². The van der Waals surface area contributed by atoms with Gasteiger partial charge in [0.25, 0.3) is 0 Å². The molecule has 0 saturated carbocycles. The molecule has 0 spiro atoms. The van der Waals surface area contributed by atoms with E-state index < -0.39 is 0 Å². The van der Waals surface area contributed by atoms with Crippen molar-refractivity contribution in [3.63, 3.8) is 0 Å². The van der Waals surface area contributed by atoms with Crippen LogP contribution in [0, 0.1) is 5.92 Å². The van der Waals surface area contributed by atoms with Gasteiger partial charge in [-0.1, -0.05) is 30.3 Å². The van der Waals surface area contributed by atoms with E-state index in [0.717, 1.165) is 19.0 Å². The van der Waals surface area contributed by atoms with Crippen LogP contribution in [0.4, 0.5) is 0 Å². The molecule has 18 heavy (non-hydrogen) atoms. The van der Waals surface area contributed by atoms with Crippen LogP contribution >= 0.6 is 0 Å². The fourth-order valence-electron chi connectivity index (χ4n) is 3.33. The molecule has 3 atom stereocenters. The number of hydrogen-bond acceptors (Lipinski definition) is 2. The Balaban J connectivity index is 1.97.